The van der Waals surface area contributed by atoms with Gasteiger partial charge in [-0.1, -0.05) is 0 Å². The molecular formula is C17H23N3O3. The minimum atomic E-state index is -0.479. The fourth-order valence-electron chi connectivity index (χ4n) is 2.82. The summed E-state index contributed by atoms with van der Waals surface area (Å²) < 4.78 is 4.81. The minimum Gasteiger partial charge on any atom is -0.392 e. The van der Waals surface area contributed by atoms with Gasteiger partial charge >= 0.3 is 11.9 Å². The van der Waals surface area contributed by atoms with E-state index >= 15 is 0 Å². The number of hydrogen-bond acceptors (Lipinski definition) is 6. The topological polar surface area (TPSA) is 80.3 Å². The first-order valence-electron chi connectivity index (χ1n) is 8.40. The molecule has 0 bridgehead atoms. The van der Waals surface area contributed by atoms with Crippen LogP contribution in [0.4, 0.5) is 5.82 Å². The lowest BCUT2D eigenvalue weighted by Crippen LogP contribution is -2.28. The second-order valence-corrected chi connectivity index (χ2v) is 6.18. The molecule has 0 amide bonds. The van der Waals surface area contributed by atoms with Gasteiger partial charge in [0.2, 0.25) is 0 Å². The Hall–Kier alpha value is -1.95. The van der Waals surface area contributed by atoms with Crippen LogP contribution in [-0.2, 0) is 27.2 Å². The Labute approximate surface area is 136 Å². The molecule has 2 N–H and O–H groups in total. The number of hydrogen-bond donors (Lipinski definition) is 2. The predicted octanol–water partition coefficient (Wildman–Crippen LogP) is 1.58. The van der Waals surface area contributed by atoms with E-state index in [1.807, 2.05) is 6.07 Å². The first kappa shape index (κ1) is 15.9. The molecule has 0 atom stereocenters. The van der Waals surface area contributed by atoms with Gasteiger partial charge in [-0.15, -0.1) is 0 Å². The van der Waals surface area contributed by atoms with Crippen LogP contribution in [0.25, 0.3) is 0 Å². The molecule has 3 rings (SSSR count). The Kier molecular flexibility index (Phi) is 5.23. The van der Waals surface area contributed by atoms with Crippen LogP contribution in [0.5, 0.6) is 0 Å². The quantitative estimate of drug-likeness (QED) is 0.587. The Bertz CT molecular complexity index is 584. The average Bonchev–Trinajstić information content (AvgIpc) is 3.37. The molecule has 1 aliphatic heterocycles. The smallest absolute Gasteiger partial charge is 0.327 e. The summed E-state index contributed by atoms with van der Waals surface area (Å²) in [4.78, 5) is 27.5. The molecule has 2 aliphatic rings. The highest BCUT2D eigenvalue weighted by Gasteiger charge is 2.22. The van der Waals surface area contributed by atoms with E-state index in [1.165, 1.54) is 11.1 Å². The second-order valence-electron chi connectivity index (χ2n) is 6.18. The molecule has 1 aromatic rings. The van der Waals surface area contributed by atoms with Gasteiger partial charge in [-0.05, 0) is 55.7 Å². The van der Waals surface area contributed by atoms with Gasteiger partial charge in [-0.3, -0.25) is 9.59 Å². The molecule has 0 saturated heterocycles. The van der Waals surface area contributed by atoms with Crippen molar-refractivity contribution in [2.45, 2.75) is 51.0 Å². The standard InChI is InChI=1S/C17H23N3O3/c21-15(23-16(22)11-20-13-6-7-13)5-1-3-12-8-10-19-17-14(12)4-2-9-18-17/h8,10,13,20H,1-7,9,11H2,(H,18,19). The molecule has 1 fully saturated rings. The van der Waals surface area contributed by atoms with Crippen molar-refractivity contribution in [3.8, 4) is 0 Å². The van der Waals surface area contributed by atoms with Gasteiger partial charge in [0.1, 0.15) is 5.82 Å². The van der Waals surface area contributed by atoms with E-state index in [0.717, 1.165) is 44.5 Å². The maximum atomic E-state index is 11.7. The van der Waals surface area contributed by atoms with Crippen LogP contribution in [0.15, 0.2) is 12.3 Å². The number of carbonyl (C=O) groups is 2. The molecule has 0 aromatic carbocycles. The number of esters is 2. The molecule has 1 aliphatic carbocycles. The highest BCUT2D eigenvalue weighted by atomic mass is 16.6. The molecule has 1 aromatic heterocycles. The number of fused-ring (bicyclic) bond motifs is 1. The molecule has 6 nitrogen and oxygen atoms in total. The highest BCUT2D eigenvalue weighted by Crippen LogP contribution is 2.24. The van der Waals surface area contributed by atoms with E-state index < -0.39 is 11.9 Å². The zero-order chi connectivity index (χ0) is 16.1. The third-order valence-electron chi connectivity index (χ3n) is 4.22. The molecule has 23 heavy (non-hydrogen) atoms. The van der Waals surface area contributed by atoms with E-state index in [0.29, 0.717) is 12.5 Å². The van der Waals surface area contributed by atoms with E-state index in [9.17, 15) is 9.59 Å². The number of ether oxygens (including phenoxy) is 1. The molecule has 0 radical (unpaired) electrons. The van der Waals surface area contributed by atoms with Gasteiger partial charge in [0.15, 0.2) is 0 Å². The van der Waals surface area contributed by atoms with Crippen molar-refractivity contribution in [1.82, 2.24) is 10.3 Å². The molecular weight excluding hydrogens is 294 g/mol. The fraction of sp³-hybridized carbons (Fsp3) is 0.588. The Morgan fingerprint density at radius 1 is 1.35 bits per heavy atom. The third-order valence-corrected chi connectivity index (χ3v) is 4.22. The Morgan fingerprint density at radius 2 is 2.22 bits per heavy atom. The minimum absolute atomic E-state index is 0.125. The van der Waals surface area contributed by atoms with Gasteiger partial charge < -0.3 is 15.4 Å². The van der Waals surface area contributed by atoms with Crippen molar-refractivity contribution in [2.24, 2.45) is 0 Å². The van der Waals surface area contributed by atoms with Crippen molar-refractivity contribution in [3.05, 3.63) is 23.4 Å². The number of pyridine rings is 1. The van der Waals surface area contributed by atoms with E-state index in [1.54, 1.807) is 6.20 Å². The number of rotatable bonds is 7. The van der Waals surface area contributed by atoms with E-state index in [4.69, 9.17) is 4.74 Å². The summed E-state index contributed by atoms with van der Waals surface area (Å²) >= 11 is 0. The van der Waals surface area contributed by atoms with E-state index in [-0.39, 0.29) is 13.0 Å². The molecule has 0 unspecified atom stereocenters. The first-order chi connectivity index (χ1) is 11.2. The van der Waals surface area contributed by atoms with Gasteiger partial charge in [0.25, 0.3) is 0 Å². The number of aryl methyl sites for hydroxylation is 1. The summed E-state index contributed by atoms with van der Waals surface area (Å²) in [6.07, 6.45) is 7.89. The highest BCUT2D eigenvalue weighted by molar-refractivity contribution is 5.86. The number of anilines is 1. The van der Waals surface area contributed by atoms with Crippen LogP contribution in [0.1, 0.15) is 43.2 Å². The number of aromatic nitrogens is 1. The lowest BCUT2D eigenvalue weighted by molar-refractivity contribution is -0.159. The van der Waals surface area contributed by atoms with Crippen molar-refractivity contribution in [1.29, 1.82) is 0 Å². The van der Waals surface area contributed by atoms with Crippen LogP contribution < -0.4 is 10.6 Å². The first-order valence-corrected chi connectivity index (χ1v) is 8.40. The van der Waals surface area contributed by atoms with Gasteiger partial charge in [0, 0.05) is 25.2 Å². The van der Waals surface area contributed by atoms with Crippen LogP contribution in [0, 0.1) is 0 Å². The Balaban J connectivity index is 1.40. The summed E-state index contributed by atoms with van der Waals surface area (Å²) in [6.45, 7) is 1.09. The molecule has 6 heteroatoms. The number of nitrogens with zero attached hydrogens (tertiary/aromatic N) is 1. The lowest BCUT2D eigenvalue weighted by atomic mass is 9.97. The summed E-state index contributed by atoms with van der Waals surface area (Å²) in [5, 5.41) is 6.34. The van der Waals surface area contributed by atoms with Crippen molar-refractivity contribution in [2.75, 3.05) is 18.4 Å². The maximum absolute atomic E-state index is 11.7. The summed E-state index contributed by atoms with van der Waals surface area (Å²) in [6, 6.07) is 2.45. The van der Waals surface area contributed by atoms with Crippen LogP contribution in [0.3, 0.4) is 0 Å². The summed E-state index contributed by atoms with van der Waals surface area (Å²) in [5.41, 5.74) is 2.49. The molecule has 0 spiro atoms. The molecule has 2 heterocycles. The average molecular weight is 317 g/mol. The summed E-state index contributed by atoms with van der Waals surface area (Å²) in [7, 11) is 0. The zero-order valence-corrected chi connectivity index (χ0v) is 13.3. The fourth-order valence-corrected chi connectivity index (χ4v) is 2.82. The third kappa shape index (κ3) is 4.76. The van der Waals surface area contributed by atoms with Crippen molar-refractivity contribution >= 4 is 17.8 Å². The van der Waals surface area contributed by atoms with Gasteiger partial charge in [0.05, 0.1) is 6.54 Å². The Morgan fingerprint density at radius 3 is 3.04 bits per heavy atom. The van der Waals surface area contributed by atoms with Crippen LogP contribution >= 0.6 is 0 Å². The van der Waals surface area contributed by atoms with E-state index in [2.05, 4.69) is 15.6 Å². The zero-order valence-electron chi connectivity index (χ0n) is 13.3. The molecule has 124 valence electrons. The van der Waals surface area contributed by atoms with Gasteiger partial charge in [-0.2, -0.15) is 0 Å². The summed E-state index contributed by atoms with van der Waals surface area (Å²) in [5.74, 6) is 0.0543. The lowest BCUT2D eigenvalue weighted by Gasteiger charge is -2.19. The SMILES string of the molecule is O=C(CCCc1ccnc2c1CCCN2)OC(=O)CNC1CC1. The predicted molar refractivity (Wildman–Crippen MR) is 86.1 cm³/mol. The van der Waals surface area contributed by atoms with Crippen LogP contribution in [0.2, 0.25) is 0 Å². The molecule has 1 saturated carbocycles. The van der Waals surface area contributed by atoms with Gasteiger partial charge in [-0.25, -0.2) is 4.98 Å². The second kappa shape index (κ2) is 7.55. The monoisotopic (exact) mass is 317 g/mol. The largest absolute Gasteiger partial charge is 0.392 e. The van der Waals surface area contributed by atoms with Crippen molar-refractivity contribution in [3.63, 3.8) is 0 Å². The maximum Gasteiger partial charge on any atom is 0.327 e. The number of carbonyl (C=O) groups excluding carboxylic acids is 2. The number of nitrogens with one attached hydrogen (secondary N) is 2. The normalized spacial score (nSPS) is 16.3. The van der Waals surface area contributed by atoms with Crippen LogP contribution in [-0.4, -0.2) is 36.1 Å². The van der Waals surface area contributed by atoms with Crippen molar-refractivity contribution < 1.29 is 14.3 Å².